The summed E-state index contributed by atoms with van der Waals surface area (Å²) in [6, 6.07) is 1.97. The van der Waals surface area contributed by atoms with Gasteiger partial charge in [-0.3, -0.25) is 9.59 Å². The second kappa shape index (κ2) is 5.98. The number of hydrogen-bond acceptors (Lipinski definition) is 3. The van der Waals surface area contributed by atoms with Gasteiger partial charge in [0.1, 0.15) is 5.69 Å². The molecular weight excluding hydrogens is 256 g/mol. The van der Waals surface area contributed by atoms with E-state index < -0.39 is 0 Å². The zero-order valence-electron chi connectivity index (χ0n) is 12.1. The van der Waals surface area contributed by atoms with Gasteiger partial charge in [0, 0.05) is 25.8 Å². The lowest BCUT2D eigenvalue weighted by atomic mass is 10.3. The number of nitrogens with zero attached hydrogens (tertiary/aromatic N) is 2. The van der Waals surface area contributed by atoms with Crippen LogP contribution in [0.2, 0.25) is 0 Å². The van der Waals surface area contributed by atoms with Crippen molar-refractivity contribution in [3.05, 3.63) is 18.0 Å². The minimum atomic E-state index is -0.180. The summed E-state index contributed by atoms with van der Waals surface area (Å²) in [5.74, 6) is -0.286. The Morgan fingerprint density at radius 1 is 1.50 bits per heavy atom. The lowest BCUT2D eigenvalue weighted by Gasteiger charge is -2.17. The van der Waals surface area contributed by atoms with Crippen LogP contribution >= 0.6 is 0 Å². The van der Waals surface area contributed by atoms with Crippen LogP contribution in [0.3, 0.4) is 0 Å². The van der Waals surface area contributed by atoms with Crippen molar-refractivity contribution in [2.45, 2.75) is 38.8 Å². The van der Waals surface area contributed by atoms with Crippen LogP contribution in [-0.4, -0.2) is 40.9 Å². The largest absolute Gasteiger partial charge is 0.397 e. The molecule has 1 aromatic rings. The number of amides is 2. The predicted octanol–water partition coefficient (Wildman–Crippen LogP) is 0.831. The van der Waals surface area contributed by atoms with Crippen molar-refractivity contribution in [1.82, 2.24) is 14.8 Å². The molecule has 1 fully saturated rings. The zero-order valence-corrected chi connectivity index (χ0v) is 12.1. The molecule has 2 rings (SSSR count). The molecule has 1 aromatic heterocycles. The lowest BCUT2D eigenvalue weighted by Crippen LogP contribution is -2.39. The Labute approximate surface area is 118 Å². The van der Waals surface area contributed by atoms with Crippen LogP contribution < -0.4 is 11.1 Å². The van der Waals surface area contributed by atoms with Crippen LogP contribution in [0.1, 0.15) is 36.7 Å². The summed E-state index contributed by atoms with van der Waals surface area (Å²) in [6.07, 6.45) is 4.76. The van der Waals surface area contributed by atoms with Gasteiger partial charge in [-0.2, -0.15) is 0 Å². The topological polar surface area (TPSA) is 80.4 Å². The quantitative estimate of drug-likeness (QED) is 0.809. The first-order valence-corrected chi connectivity index (χ1v) is 7.01. The molecule has 1 aliphatic rings. The van der Waals surface area contributed by atoms with E-state index in [0.29, 0.717) is 17.4 Å². The summed E-state index contributed by atoms with van der Waals surface area (Å²) in [4.78, 5) is 25.5. The summed E-state index contributed by atoms with van der Waals surface area (Å²) < 4.78 is 1.84. The Hall–Kier alpha value is -1.98. The summed E-state index contributed by atoms with van der Waals surface area (Å²) >= 11 is 0. The number of aryl methyl sites for hydroxylation is 1. The van der Waals surface area contributed by atoms with Gasteiger partial charge in [-0.1, -0.05) is 6.92 Å². The molecule has 6 heteroatoms. The molecule has 0 radical (unpaired) electrons. The summed E-state index contributed by atoms with van der Waals surface area (Å²) in [6.45, 7) is 2.85. The van der Waals surface area contributed by atoms with Gasteiger partial charge in [0.25, 0.3) is 5.91 Å². The molecule has 0 spiro atoms. The van der Waals surface area contributed by atoms with Gasteiger partial charge in [-0.05, 0) is 25.3 Å². The molecular formula is C14H22N4O2. The smallest absolute Gasteiger partial charge is 0.270 e. The standard InChI is InChI=1S/C14H22N4O2/c1-3-6-18-8-10(15)7-12(18)14(20)17(2)9-13(19)16-11-4-5-11/h7-8,11H,3-6,9,15H2,1-2H3,(H,16,19). The number of nitrogens with two attached hydrogens (primary N) is 1. The Kier molecular flexibility index (Phi) is 4.32. The summed E-state index contributed by atoms with van der Waals surface area (Å²) in [5, 5.41) is 2.87. The van der Waals surface area contributed by atoms with Gasteiger partial charge in [0.15, 0.2) is 0 Å². The van der Waals surface area contributed by atoms with Crippen LogP contribution in [0.5, 0.6) is 0 Å². The SMILES string of the molecule is CCCn1cc(N)cc1C(=O)N(C)CC(=O)NC1CC1. The van der Waals surface area contributed by atoms with Crippen molar-refractivity contribution in [2.75, 3.05) is 19.3 Å². The molecule has 6 nitrogen and oxygen atoms in total. The van der Waals surface area contributed by atoms with Gasteiger partial charge in [0.05, 0.1) is 12.2 Å². The van der Waals surface area contributed by atoms with E-state index in [9.17, 15) is 9.59 Å². The van der Waals surface area contributed by atoms with Crippen LogP contribution in [-0.2, 0) is 11.3 Å². The fourth-order valence-corrected chi connectivity index (χ4v) is 2.12. The monoisotopic (exact) mass is 278 g/mol. The summed E-state index contributed by atoms with van der Waals surface area (Å²) in [7, 11) is 1.63. The molecule has 0 saturated heterocycles. The molecule has 20 heavy (non-hydrogen) atoms. The Balaban J connectivity index is 1.99. The third kappa shape index (κ3) is 3.53. The molecule has 0 aliphatic heterocycles. The number of rotatable bonds is 6. The molecule has 0 atom stereocenters. The number of carbonyl (C=O) groups excluding carboxylic acids is 2. The first-order chi connectivity index (χ1) is 9.51. The number of carbonyl (C=O) groups is 2. The van der Waals surface area contributed by atoms with Gasteiger partial charge in [0.2, 0.25) is 5.91 Å². The predicted molar refractivity (Wildman–Crippen MR) is 77.3 cm³/mol. The number of nitrogens with one attached hydrogen (secondary N) is 1. The molecule has 0 unspecified atom stereocenters. The fourth-order valence-electron chi connectivity index (χ4n) is 2.12. The fraction of sp³-hybridized carbons (Fsp3) is 0.571. The van der Waals surface area contributed by atoms with E-state index in [1.807, 2.05) is 11.5 Å². The van der Waals surface area contributed by atoms with E-state index in [1.165, 1.54) is 4.90 Å². The molecule has 0 aromatic carbocycles. The van der Waals surface area contributed by atoms with E-state index >= 15 is 0 Å². The highest BCUT2D eigenvalue weighted by atomic mass is 16.2. The molecule has 1 aliphatic carbocycles. The Morgan fingerprint density at radius 3 is 2.80 bits per heavy atom. The maximum atomic E-state index is 12.4. The van der Waals surface area contributed by atoms with E-state index in [0.717, 1.165) is 25.8 Å². The van der Waals surface area contributed by atoms with Crippen LogP contribution in [0.4, 0.5) is 5.69 Å². The van der Waals surface area contributed by atoms with Crippen molar-refractivity contribution < 1.29 is 9.59 Å². The van der Waals surface area contributed by atoms with Crippen molar-refractivity contribution in [3.8, 4) is 0 Å². The first kappa shape index (κ1) is 14.4. The lowest BCUT2D eigenvalue weighted by molar-refractivity contribution is -0.121. The van der Waals surface area contributed by atoms with Crippen molar-refractivity contribution >= 4 is 17.5 Å². The van der Waals surface area contributed by atoms with Crippen LogP contribution in [0.15, 0.2) is 12.3 Å². The highest BCUT2D eigenvalue weighted by Gasteiger charge is 2.25. The van der Waals surface area contributed by atoms with Crippen molar-refractivity contribution in [2.24, 2.45) is 0 Å². The average molecular weight is 278 g/mol. The minimum absolute atomic E-state index is 0.0759. The minimum Gasteiger partial charge on any atom is -0.397 e. The maximum absolute atomic E-state index is 12.4. The molecule has 1 saturated carbocycles. The maximum Gasteiger partial charge on any atom is 0.270 e. The van der Waals surface area contributed by atoms with E-state index in [-0.39, 0.29) is 18.4 Å². The average Bonchev–Trinajstić information content (AvgIpc) is 3.11. The van der Waals surface area contributed by atoms with Crippen molar-refractivity contribution in [3.63, 3.8) is 0 Å². The number of aromatic nitrogens is 1. The van der Waals surface area contributed by atoms with Gasteiger partial charge in [-0.15, -0.1) is 0 Å². The zero-order chi connectivity index (χ0) is 14.7. The second-order valence-electron chi connectivity index (χ2n) is 5.36. The van der Waals surface area contributed by atoms with E-state index in [4.69, 9.17) is 5.73 Å². The molecule has 1 heterocycles. The van der Waals surface area contributed by atoms with Gasteiger partial charge < -0.3 is 20.5 Å². The van der Waals surface area contributed by atoms with Crippen molar-refractivity contribution in [1.29, 1.82) is 0 Å². The normalized spacial score (nSPS) is 14.1. The summed E-state index contributed by atoms with van der Waals surface area (Å²) in [5.41, 5.74) is 6.85. The third-order valence-corrected chi connectivity index (χ3v) is 3.27. The van der Waals surface area contributed by atoms with Crippen LogP contribution in [0.25, 0.3) is 0 Å². The number of likely N-dealkylation sites (N-methyl/N-ethyl adjacent to an activating group) is 1. The third-order valence-electron chi connectivity index (χ3n) is 3.27. The molecule has 110 valence electrons. The second-order valence-corrected chi connectivity index (χ2v) is 5.36. The van der Waals surface area contributed by atoms with Crippen LogP contribution in [0, 0.1) is 0 Å². The Bertz CT molecular complexity index is 505. The van der Waals surface area contributed by atoms with E-state index in [2.05, 4.69) is 5.32 Å². The first-order valence-electron chi connectivity index (χ1n) is 7.01. The highest BCUT2D eigenvalue weighted by Crippen LogP contribution is 2.18. The van der Waals surface area contributed by atoms with Gasteiger partial charge >= 0.3 is 0 Å². The molecule has 2 amide bonds. The number of anilines is 1. The number of hydrogen-bond donors (Lipinski definition) is 2. The molecule has 0 bridgehead atoms. The molecule has 3 N–H and O–H groups in total. The van der Waals surface area contributed by atoms with Gasteiger partial charge in [-0.25, -0.2) is 0 Å². The Morgan fingerprint density at radius 2 is 2.20 bits per heavy atom. The number of nitrogen functional groups attached to an aromatic ring is 1. The van der Waals surface area contributed by atoms with E-state index in [1.54, 1.807) is 19.3 Å². The highest BCUT2D eigenvalue weighted by molar-refractivity contribution is 5.96.